The summed E-state index contributed by atoms with van der Waals surface area (Å²) in [6, 6.07) is 6.54. The van der Waals surface area contributed by atoms with Crippen molar-refractivity contribution >= 4 is 26.9 Å². The number of nitrogens with zero attached hydrogens (tertiary/aromatic N) is 2. The van der Waals surface area contributed by atoms with E-state index in [0.717, 1.165) is 12.0 Å². The second-order valence-corrected chi connectivity index (χ2v) is 9.81. The summed E-state index contributed by atoms with van der Waals surface area (Å²) < 4.78 is 29.9. The van der Waals surface area contributed by atoms with Crippen molar-refractivity contribution in [2.24, 2.45) is 0 Å². The van der Waals surface area contributed by atoms with Crippen LogP contribution in [-0.4, -0.2) is 53.8 Å². The highest BCUT2D eigenvalue weighted by atomic mass is 32.2. The normalized spacial score (nSPS) is 17.1. The van der Waals surface area contributed by atoms with E-state index in [0.29, 0.717) is 35.6 Å². The second-order valence-electron chi connectivity index (χ2n) is 7.31. The van der Waals surface area contributed by atoms with Crippen molar-refractivity contribution in [3.63, 3.8) is 0 Å². The number of hydrogen-bond donors (Lipinski definition) is 2. The van der Waals surface area contributed by atoms with Crippen LogP contribution in [0.4, 0.5) is 0 Å². The molecule has 2 aromatic heterocycles. The molecule has 0 radical (unpaired) electrons. The van der Waals surface area contributed by atoms with E-state index in [1.165, 1.54) is 0 Å². The summed E-state index contributed by atoms with van der Waals surface area (Å²) >= 11 is 0. The zero-order valence-electron chi connectivity index (χ0n) is 16.2. The predicted octanol–water partition coefficient (Wildman–Crippen LogP) is 2.33. The van der Waals surface area contributed by atoms with E-state index in [4.69, 9.17) is 4.74 Å². The lowest BCUT2D eigenvalue weighted by Gasteiger charge is -2.10. The molecule has 29 heavy (non-hydrogen) atoms. The minimum atomic E-state index is -3.34. The average molecular weight is 414 g/mol. The summed E-state index contributed by atoms with van der Waals surface area (Å²) in [5.41, 5.74) is 2.68. The largest absolute Gasteiger partial charge is 0.379 e. The first-order chi connectivity index (χ1) is 13.9. The maximum absolute atomic E-state index is 12.6. The second kappa shape index (κ2) is 7.57. The molecular formula is C20H22N4O4S. The van der Waals surface area contributed by atoms with E-state index in [9.17, 15) is 13.2 Å². The Kier molecular flexibility index (Phi) is 5.10. The predicted molar refractivity (Wildman–Crippen MR) is 108 cm³/mol. The fraction of sp³-hybridized carbons (Fsp3) is 0.350. The van der Waals surface area contributed by atoms with Gasteiger partial charge in [0.25, 0.3) is 5.91 Å². The van der Waals surface area contributed by atoms with E-state index in [-0.39, 0.29) is 16.8 Å². The number of fused-ring (bicyclic) bond motifs is 1. The zero-order valence-corrected chi connectivity index (χ0v) is 17.0. The highest BCUT2D eigenvalue weighted by Crippen LogP contribution is 2.24. The summed E-state index contributed by atoms with van der Waals surface area (Å²) in [4.78, 5) is 24.8. The van der Waals surface area contributed by atoms with E-state index >= 15 is 0 Å². The molecule has 0 unspecified atom stereocenters. The lowest BCUT2D eigenvalue weighted by atomic mass is 10.1. The van der Waals surface area contributed by atoms with E-state index in [1.54, 1.807) is 50.5 Å². The minimum Gasteiger partial charge on any atom is -0.379 e. The van der Waals surface area contributed by atoms with Gasteiger partial charge in [0, 0.05) is 18.4 Å². The number of nitrogens with one attached hydrogen (secondary N) is 2. The van der Waals surface area contributed by atoms with Gasteiger partial charge in [-0.3, -0.25) is 4.79 Å². The molecule has 0 spiro atoms. The molecule has 1 aliphatic heterocycles. The molecule has 152 valence electrons. The fourth-order valence-corrected chi connectivity index (χ4v) is 4.26. The van der Waals surface area contributed by atoms with Crippen LogP contribution in [0, 0.1) is 0 Å². The summed E-state index contributed by atoms with van der Waals surface area (Å²) in [5, 5.41) is 2.46. The van der Waals surface area contributed by atoms with Crippen LogP contribution in [0.3, 0.4) is 0 Å². The lowest BCUT2D eigenvalue weighted by Crippen LogP contribution is -2.34. The first-order valence-corrected chi connectivity index (χ1v) is 11.0. The molecule has 0 saturated carbocycles. The molecule has 0 aliphatic carbocycles. The van der Waals surface area contributed by atoms with Gasteiger partial charge in [0.05, 0.1) is 40.2 Å². The molecule has 4 rings (SSSR count). The molecule has 3 aromatic rings. The first-order valence-electron chi connectivity index (χ1n) is 9.43. The number of H-pyrrole nitrogens is 1. The molecule has 9 heteroatoms. The Morgan fingerprint density at radius 1 is 1.28 bits per heavy atom. The van der Waals surface area contributed by atoms with Crippen molar-refractivity contribution in [2.45, 2.75) is 36.5 Å². The molecule has 1 aliphatic rings. The van der Waals surface area contributed by atoms with Crippen molar-refractivity contribution in [1.82, 2.24) is 20.3 Å². The molecule has 2 N–H and O–H groups in total. The number of ether oxygens (including phenoxy) is 1. The molecule has 0 bridgehead atoms. The average Bonchev–Trinajstić information content (AvgIpc) is 3.37. The SMILES string of the molecule is CC(C)S(=O)(=O)c1ccc(-c2cnc3[nH]cc(C(=O)N[C@@H]4CCOC4)c3n2)cc1. The Labute approximate surface area is 168 Å². The number of aromatic nitrogens is 3. The third-order valence-electron chi connectivity index (χ3n) is 4.99. The summed E-state index contributed by atoms with van der Waals surface area (Å²) in [7, 11) is -3.34. The van der Waals surface area contributed by atoms with Gasteiger partial charge in [-0.15, -0.1) is 0 Å². The lowest BCUT2D eigenvalue weighted by molar-refractivity contribution is 0.0931. The number of sulfone groups is 1. The highest BCUT2D eigenvalue weighted by Gasteiger charge is 2.22. The molecule has 8 nitrogen and oxygen atoms in total. The Hall–Kier alpha value is -2.78. The number of hydrogen-bond acceptors (Lipinski definition) is 6. The van der Waals surface area contributed by atoms with Gasteiger partial charge in [0.2, 0.25) is 0 Å². The van der Waals surface area contributed by atoms with Gasteiger partial charge >= 0.3 is 0 Å². The number of amides is 1. The van der Waals surface area contributed by atoms with Crippen LogP contribution < -0.4 is 5.32 Å². The maximum Gasteiger partial charge on any atom is 0.255 e. The third kappa shape index (κ3) is 3.75. The number of carbonyl (C=O) groups excluding carboxylic acids is 1. The van der Waals surface area contributed by atoms with Crippen LogP contribution in [0.15, 0.2) is 41.6 Å². The van der Waals surface area contributed by atoms with Crippen LogP contribution >= 0.6 is 0 Å². The summed E-state index contributed by atoms with van der Waals surface area (Å²) in [6.07, 6.45) is 3.98. The standard InChI is InChI=1S/C20H22N4O4S/c1-12(2)29(26,27)15-5-3-13(4-6-15)17-10-22-19-18(24-17)16(9-21-19)20(25)23-14-7-8-28-11-14/h3-6,9-10,12,14H,7-8,11H2,1-2H3,(H,21,22)(H,23,25)/t14-/m1/s1. The number of rotatable bonds is 5. The fourth-order valence-electron chi connectivity index (χ4n) is 3.20. The Morgan fingerprint density at radius 3 is 2.69 bits per heavy atom. The van der Waals surface area contributed by atoms with Crippen LogP contribution in [0.5, 0.6) is 0 Å². The molecule has 1 aromatic carbocycles. The van der Waals surface area contributed by atoms with Crippen molar-refractivity contribution in [2.75, 3.05) is 13.2 Å². The quantitative estimate of drug-likeness (QED) is 0.662. The Bertz CT molecular complexity index is 1150. The van der Waals surface area contributed by atoms with Crippen LogP contribution in [0.1, 0.15) is 30.6 Å². The molecule has 1 amide bonds. The van der Waals surface area contributed by atoms with Gasteiger partial charge in [-0.25, -0.2) is 18.4 Å². The van der Waals surface area contributed by atoms with Gasteiger partial charge in [-0.05, 0) is 32.4 Å². The van der Waals surface area contributed by atoms with E-state index < -0.39 is 15.1 Å². The number of benzene rings is 1. The zero-order chi connectivity index (χ0) is 20.6. The topological polar surface area (TPSA) is 114 Å². The molecule has 1 saturated heterocycles. The van der Waals surface area contributed by atoms with Gasteiger partial charge in [-0.1, -0.05) is 12.1 Å². The number of carbonyl (C=O) groups is 1. The molecule has 1 fully saturated rings. The van der Waals surface area contributed by atoms with Crippen molar-refractivity contribution in [1.29, 1.82) is 0 Å². The Morgan fingerprint density at radius 2 is 2.03 bits per heavy atom. The van der Waals surface area contributed by atoms with Crippen molar-refractivity contribution in [3.8, 4) is 11.3 Å². The summed E-state index contributed by atoms with van der Waals surface area (Å²) in [5.74, 6) is -0.225. The van der Waals surface area contributed by atoms with E-state index in [2.05, 4.69) is 20.3 Å². The van der Waals surface area contributed by atoms with Crippen LogP contribution in [-0.2, 0) is 14.6 Å². The number of aromatic amines is 1. The van der Waals surface area contributed by atoms with Crippen molar-refractivity contribution in [3.05, 3.63) is 42.2 Å². The van der Waals surface area contributed by atoms with Crippen molar-refractivity contribution < 1.29 is 17.9 Å². The van der Waals surface area contributed by atoms with Gasteiger partial charge in [-0.2, -0.15) is 0 Å². The van der Waals surface area contributed by atoms with E-state index in [1.807, 2.05) is 0 Å². The molecule has 3 heterocycles. The third-order valence-corrected chi connectivity index (χ3v) is 7.16. The maximum atomic E-state index is 12.6. The van der Waals surface area contributed by atoms with Gasteiger partial charge in [0.15, 0.2) is 15.5 Å². The molecular weight excluding hydrogens is 392 g/mol. The minimum absolute atomic E-state index is 0.000887. The molecule has 1 atom stereocenters. The van der Waals surface area contributed by atoms with Crippen LogP contribution in [0.2, 0.25) is 0 Å². The smallest absolute Gasteiger partial charge is 0.255 e. The first kappa shape index (κ1) is 19.5. The van der Waals surface area contributed by atoms with Crippen LogP contribution in [0.25, 0.3) is 22.4 Å². The monoisotopic (exact) mass is 414 g/mol. The van der Waals surface area contributed by atoms with Gasteiger partial charge < -0.3 is 15.0 Å². The Balaban J connectivity index is 1.64. The summed E-state index contributed by atoms with van der Waals surface area (Å²) in [6.45, 7) is 4.46. The van der Waals surface area contributed by atoms with Gasteiger partial charge in [0.1, 0.15) is 5.52 Å². The highest BCUT2D eigenvalue weighted by molar-refractivity contribution is 7.92.